The SMILES string of the molecule is CCOc1cccc(C2C(=C(O)c3ccc4c(c3)OCCO4)C(=O)C(=O)N2c2nc3ccc(Cl)cc3s2)c1. The predicted molar refractivity (Wildman–Crippen MR) is 144 cm³/mol. The summed E-state index contributed by atoms with van der Waals surface area (Å²) in [6.07, 6.45) is 0. The quantitative estimate of drug-likeness (QED) is 0.193. The average Bonchev–Trinajstić information content (AvgIpc) is 3.46. The molecule has 1 unspecified atom stereocenters. The lowest BCUT2D eigenvalue weighted by atomic mass is 9.95. The number of Topliss-reactive ketones (excluding diaryl/α,β-unsaturated/α-hetero) is 1. The number of ether oxygens (including phenoxy) is 3. The monoisotopic (exact) mass is 548 g/mol. The van der Waals surface area contributed by atoms with Gasteiger partial charge in [-0.15, -0.1) is 0 Å². The highest BCUT2D eigenvalue weighted by molar-refractivity contribution is 7.22. The molecule has 4 aromatic rings. The summed E-state index contributed by atoms with van der Waals surface area (Å²) in [5.74, 6) is -0.359. The van der Waals surface area contributed by atoms with E-state index in [1.54, 1.807) is 60.7 Å². The summed E-state index contributed by atoms with van der Waals surface area (Å²) in [4.78, 5) is 33.0. The Labute approximate surface area is 226 Å². The van der Waals surface area contributed by atoms with Gasteiger partial charge in [0.25, 0.3) is 5.78 Å². The molecular weight excluding hydrogens is 528 g/mol. The lowest BCUT2D eigenvalue weighted by Gasteiger charge is -2.23. The van der Waals surface area contributed by atoms with Crippen LogP contribution in [0.25, 0.3) is 16.0 Å². The molecule has 0 radical (unpaired) electrons. The number of rotatable bonds is 5. The van der Waals surface area contributed by atoms with Gasteiger partial charge in [-0.1, -0.05) is 35.1 Å². The normalized spacial score (nSPS) is 18.3. The van der Waals surface area contributed by atoms with Crippen molar-refractivity contribution in [2.24, 2.45) is 0 Å². The number of hydrogen-bond acceptors (Lipinski definition) is 8. The molecule has 0 bridgehead atoms. The van der Waals surface area contributed by atoms with Crippen LogP contribution in [0, 0.1) is 0 Å². The molecule has 1 N–H and O–H groups in total. The Bertz CT molecular complexity index is 1630. The van der Waals surface area contributed by atoms with E-state index in [0.29, 0.717) is 63.9 Å². The molecule has 0 spiro atoms. The average molecular weight is 549 g/mol. The number of aliphatic hydroxyl groups is 1. The number of benzene rings is 3. The Morgan fingerprint density at radius 2 is 1.92 bits per heavy atom. The molecule has 2 aliphatic rings. The van der Waals surface area contributed by atoms with Crippen LogP contribution in [-0.4, -0.2) is 41.6 Å². The van der Waals surface area contributed by atoms with Gasteiger partial charge in [0.2, 0.25) is 0 Å². The zero-order valence-corrected chi connectivity index (χ0v) is 21.7. The zero-order valence-electron chi connectivity index (χ0n) is 20.1. The Hall–Kier alpha value is -4.08. The lowest BCUT2D eigenvalue weighted by molar-refractivity contribution is -0.132. The molecule has 2 aliphatic heterocycles. The molecule has 6 rings (SSSR count). The molecule has 1 fully saturated rings. The maximum absolute atomic E-state index is 13.5. The number of thiazole rings is 1. The zero-order chi connectivity index (χ0) is 26.4. The number of anilines is 1. The second kappa shape index (κ2) is 9.66. The third kappa shape index (κ3) is 4.13. The second-order valence-corrected chi connectivity index (χ2v) is 10.1. The fourth-order valence-corrected chi connectivity index (χ4v) is 5.89. The molecule has 1 saturated heterocycles. The molecule has 1 atom stereocenters. The maximum atomic E-state index is 13.5. The first-order chi connectivity index (χ1) is 18.4. The van der Waals surface area contributed by atoms with Gasteiger partial charge in [0.05, 0.1) is 28.4 Å². The molecule has 8 nitrogen and oxygen atoms in total. The highest BCUT2D eigenvalue weighted by atomic mass is 35.5. The van der Waals surface area contributed by atoms with Crippen LogP contribution in [-0.2, 0) is 9.59 Å². The Kier molecular flexibility index (Phi) is 6.17. The number of amides is 1. The van der Waals surface area contributed by atoms with Crippen LogP contribution in [0.3, 0.4) is 0 Å². The van der Waals surface area contributed by atoms with Crippen molar-refractivity contribution in [2.75, 3.05) is 24.7 Å². The molecular formula is C28H21ClN2O6S. The fourth-order valence-electron chi connectivity index (χ4n) is 4.62. The van der Waals surface area contributed by atoms with Crippen molar-refractivity contribution in [3.63, 3.8) is 0 Å². The van der Waals surface area contributed by atoms with Gasteiger partial charge in [0.15, 0.2) is 16.6 Å². The maximum Gasteiger partial charge on any atom is 0.301 e. The fraction of sp³-hybridized carbons (Fsp3) is 0.179. The van der Waals surface area contributed by atoms with Crippen molar-refractivity contribution in [3.05, 3.63) is 82.4 Å². The number of carbonyl (C=O) groups is 2. The van der Waals surface area contributed by atoms with Gasteiger partial charge < -0.3 is 19.3 Å². The van der Waals surface area contributed by atoms with Crippen LogP contribution < -0.4 is 19.1 Å². The van der Waals surface area contributed by atoms with Gasteiger partial charge in [-0.25, -0.2) is 4.98 Å². The summed E-state index contributed by atoms with van der Waals surface area (Å²) in [7, 11) is 0. The number of fused-ring (bicyclic) bond motifs is 2. The van der Waals surface area contributed by atoms with E-state index < -0.39 is 17.7 Å². The van der Waals surface area contributed by atoms with Crippen molar-refractivity contribution < 1.29 is 28.9 Å². The molecule has 1 aromatic heterocycles. The van der Waals surface area contributed by atoms with Crippen LogP contribution in [0.15, 0.2) is 66.2 Å². The summed E-state index contributed by atoms with van der Waals surface area (Å²) in [5.41, 5.74) is 1.50. The number of nitrogens with zero attached hydrogens (tertiary/aromatic N) is 2. The predicted octanol–water partition coefficient (Wildman–Crippen LogP) is 5.75. The van der Waals surface area contributed by atoms with E-state index in [2.05, 4.69) is 4.98 Å². The molecule has 0 aliphatic carbocycles. The molecule has 1 amide bonds. The molecule has 0 saturated carbocycles. The first kappa shape index (κ1) is 24.3. The van der Waals surface area contributed by atoms with E-state index in [0.717, 1.165) is 4.70 Å². The molecule has 3 heterocycles. The van der Waals surface area contributed by atoms with E-state index in [9.17, 15) is 14.7 Å². The summed E-state index contributed by atoms with van der Waals surface area (Å²) in [6, 6.07) is 16.3. The summed E-state index contributed by atoms with van der Waals surface area (Å²) in [6.45, 7) is 3.10. The van der Waals surface area contributed by atoms with E-state index in [1.807, 2.05) is 6.92 Å². The van der Waals surface area contributed by atoms with Crippen LogP contribution in [0.1, 0.15) is 24.1 Å². The molecule has 192 valence electrons. The number of aliphatic hydroxyl groups excluding tert-OH is 1. The topological polar surface area (TPSA) is 98.2 Å². The van der Waals surface area contributed by atoms with Gasteiger partial charge in [0.1, 0.15) is 24.7 Å². The van der Waals surface area contributed by atoms with Crippen molar-refractivity contribution in [1.29, 1.82) is 0 Å². The highest BCUT2D eigenvalue weighted by Crippen LogP contribution is 2.45. The van der Waals surface area contributed by atoms with E-state index in [1.165, 1.54) is 16.2 Å². The van der Waals surface area contributed by atoms with Crippen molar-refractivity contribution in [2.45, 2.75) is 13.0 Å². The van der Waals surface area contributed by atoms with E-state index >= 15 is 0 Å². The van der Waals surface area contributed by atoms with E-state index in [4.69, 9.17) is 25.8 Å². The summed E-state index contributed by atoms with van der Waals surface area (Å²) < 4.78 is 17.7. The molecule has 38 heavy (non-hydrogen) atoms. The molecule has 10 heteroatoms. The standard InChI is InChI=1S/C28H21ClN2O6S/c1-2-35-18-5-3-4-15(12-18)24-23(25(32)16-6-9-20-21(13-16)37-11-10-36-20)26(33)27(34)31(24)28-30-19-8-7-17(29)14-22(19)38-28/h3-9,12-14,24,32H,2,10-11H2,1H3. The van der Waals surface area contributed by atoms with Crippen LogP contribution in [0.4, 0.5) is 5.13 Å². The third-order valence-corrected chi connectivity index (χ3v) is 7.54. The van der Waals surface area contributed by atoms with Crippen molar-refractivity contribution in [1.82, 2.24) is 4.98 Å². The van der Waals surface area contributed by atoms with Crippen LogP contribution in [0.5, 0.6) is 17.2 Å². The van der Waals surface area contributed by atoms with Gasteiger partial charge in [-0.3, -0.25) is 14.5 Å². The number of ketones is 1. The Morgan fingerprint density at radius 1 is 1.11 bits per heavy atom. The van der Waals surface area contributed by atoms with Crippen LogP contribution in [0.2, 0.25) is 5.02 Å². The Balaban J connectivity index is 1.54. The number of aromatic nitrogens is 1. The van der Waals surface area contributed by atoms with E-state index in [-0.39, 0.29) is 11.3 Å². The minimum absolute atomic E-state index is 0.0578. The number of halogens is 1. The van der Waals surface area contributed by atoms with Gasteiger partial charge in [-0.05, 0) is 61.0 Å². The first-order valence-electron chi connectivity index (χ1n) is 11.9. The lowest BCUT2D eigenvalue weighted by Crippen LogP contribution is -2.29. The smallest absolute Gasteiger partial charge is 0.301 e. The molecule has 3 aromatic carbocycles. The van der Waals surface area contributed by atoms with Crippen molar-refractivity contribution >= 4 is 55.7 Å². The third-order valence-electron chi connectivity index (χ3n) is 6.29. The minimum Gasteiger partial charge on any atom is -0.507 e. The first-order valence-corrected chi connectivity index (χ1v) is 13.1. The minimum atomic E-state index is -0.945. The second-order valence-electron chi connectivity index (χ2n) is 8.64. The largest absolute Gasteiger partial charge is 0.507 e. The Morgan fingerprint density at radius 3 is 2.74 bits per heavy atom. The summed E-state index contributed by atoms with van der Waals surface area (Å²) in [5, 5.41) is 12.3. The van der Waals surface area contributed by atoms with Gasteiger partial charge >= 0.3 is 5.91 Å². The highest BCUT2D eigenvalue weighted by Gasteiger charge is 2.48. The van der Waals surface area contributed by atoms with Gasteiger partial charge in [-0.2, -0.15) is 0 Å². The van der Waals surface area contributed by atoms with Crippen molar-refractivity contribution in [3.8, 4) is 17.2 Å². The number of hydrogen-bond donors (Lipinski definition) is 1. The number of carbonyl (C=O) groups excluding carboxylic acids is 2. The summed E-state index contributed by atoms with van der Waals surface area (Å²) >= 11 is 7.41. The van der Waals surface area contributed by atoms with Gasteiger partial charge in [0, 0.05) is 10.6 Å². The van der Waals surface area contributed by atoms with Crippen LogP contribution >= 0.6 is 22.9 Å².